The van der Waals surface area contributed by atoms with Gasteiger partial charge in [-0.1, -0.05) is 25.3 Å². The fraction of sp³-hybridized carbons (Fsp3) is 0.667. The zero-order valence-electron chi connectivity index (χ0n) is 19.1. The summed E-state index contributed by atoms with van der Waals surface area (Å²) in [6, 6.07) is 5.42. The van der Waals surface area contributed by atoms with Crippen molar-refractivity contribution >= 4 is 11.9 Å². The topological polar surface area (TPSA) is 82.7 Å². The van der Waals surface area contributed by atoms with Crippen LogP contribution in [0.5, 0.6) is 5.75 Å². The van der Waals surface area contributed by atoms with Gasteiger partial charge < -0.3 is 20.7 Å². The quantitative estimate of drug-likeness (QED) is 0.506. The Hall–Kier alpha value is -2.35. The molecule has 3 N–H and O–H groups in total. The van der Waals surface area contributed by atoms with Gasteiger partial charge in [0.2, 0.25) is 5.91 Å². The highest BCUT2D eigenvalue weighted by atomic mass is 19.1. The first-order valence-corrected chi connectivity index (χ1v) is 11.9. The summed E-state index contributed by atoms with van der Waals surface area (Å²) in [4.78, 5) is 26.4. The minimum Gasteiger partial charge on any atom is -0.494 e. The molecular weight excluding hydrogens is 411 g/mol. The van der Waals surface area contributed by atoms with E-state index < -0.39 is 0 Å². The number of carbonyl (C=O) groups excluding carboxylic acids is 2. The van der Waals surface area contributed by atoms with E-state index in [1.807, 2.05) is 6.07 Å². The first-order valence-electron chi connectivity index (χ1n) is 11.9. The van der Waals surface area contributed by atoms with Gasteiger partial charge in [-0.25, -0.2) is 9.18 Å². The molecule has 0 bridgehead atoms. The Kier molecular flexibility index (Phi) is 9.59. The largest absolute Gasteiger partial charge is 0.494 e. The molecule has 3 amide bonds. The van der Waals surface area contributed by atoms with Crippen LogP contribution in [0.25, 0.3) is 0 Å². The molecule has 3 rings (SSSR count). The molecule has 1 saturated carbocycles. The predicted octanol–water partition coefficient (Wildman–Crippen LogP) is 3.33. The number of benzene rings is 1. The molecule has 0 aromatic heterocycles. The molecule has 8 heteroatoms. The highest BCUT2D eigenvalue weighted by Gasteiger charge is 2.21. The van der Waals surface area contributed by atoms with E-state index in [0.29, 0.717) is 32.0 Å². The molecule has 1 aliphatic heterocycles. The van der Waals surface area contributed by atoms with E-state index in [4.69, 9.17) is 4.74 Å². The third-order valence-electron chi connectivity index (χ3n) is 6.38. The van der Waals surface area contributed by atoms with Crippen molar-refractivity contribution in [2.45, 2.75) is 76.4 Å². The van der Waals surface area contributed by atoms with Gasteiger partial charge in [0.25, 0.3) is 0 Å². The lowest BCUT2D eigenvalue weighted by atomic mass is 9.96. The number of likely N-dealkylation sites (tertiary alicyclic amines) is 1. The summed E-state index contributed by atoms with van der Waals surface area (Å²) >= 11 is 0. The van der Waals surface area contributed by atoms with Crippen LogP contribution in [-0.2, 0) is 11.3 Å². The van der Waals surface area contributed by atoms with Crippen LogP contribution in [0, 0.1) is 5.82 Å². The zero-order valence-corrected chi connectivity index (χ0v) is 19.1. The molecule has 178 valence electrons. The lowest BCUT2D eigenvalue weighted by Crippen LogP contribution is -2.45. The molecule has 7 nitrogen and oxygen atoms in total. The smallest absolute Gasteiger partial charge is 0.315 e. The van der Waals surface area contributed by atoms with Crippen molar-refractivity contribution in [3.05, 3.63) is 29.6 Å². The van der Waals surface area contributed by atoms with Gasteiger partial charge >= 0.3 is 6.03 Å². The summed E-state index contributed by atoms with van der Waals surface area (Å²) < 4.78 is 18.8. The number of ether oxygens (including phenoxy) is 1. The number of carbonyl (C=O) groups is 2. The van der Waals surface area contributed by atoms with E-state index in [9.17, 15) is 14.0 Å². The van der Waals surface area contributed by atoms with E-state index in [1.165, 1.54) is 32.4 Å². The number of urea groups is 1. The molecule has 2 aliphatic rings. The van der Waals surface area contributed by atoms with Gasteiger partial charge in [-0.15, -0.1) is 0 Å². The number of nitrogens with one attached hydrogen (secondary N) is 3. The minimum absolute atomic E-state index is 0.0372. The number of nitrogens with zero attached hydrogens (tertiary/aromatic N) is 1. The van der Waals surface area contributed by atoms with Crippen LogP contribution in [0.2, 0.25) is 0 Å². The van der Waals surface area contributed by atoms with E-state index in [0.717, 1.165) is 44.3 Å². The van der Waals surface area contributed by atoms with Crippen molar-refractivity contribution < 1.29 is 18.7 Å². The standard InChI is InChI=1S/C24H37FN4O3/c1-32-22-10-9-18(16-21(22)25)17-29-14-11-20(12-15-29)27-23(30)8-5-13-26-24(31)28-19-6-3-2-4-7-19/h9-10,16,19-20H,2-8,11-15,17H2,1H3,(H,27,30)(H2,26,28,31). The van der Waals surface area contributed by atoms with Crippen LogP contribution in [0.1, 0.15) is 63.4 Å². The SMILES string of the molecule is COc1ccc(CN2CCC(NC(=O)CCCNC(=O)NC3CCCCC3)CC2)cc1F. The van der Waals surface area contributed by atoms with Crippen LogP contribution in [0.4, 0.5) is 9.18 Å². The molecule has 0 atom stereocenters. The van der Waals surface area contributed by atoms with Gasteiger partial charge in [0.1, 0.15) is 0 Å². The highest BCUT2D eigenvalue weighted by Crippen LogP contribution is 2.20. The van der Waals surface area contributed by atoms with Gasteiger partial charge in [0.15, 0.2) is 11.6 Å². The van der Waals surface area contributed by atoms with E-state index in [2.05, 4.69) is 20.9 Å². The molecule has 0 radical (unpaired) electrons. The first-order chi connectivity index (χ1) is 15.5. The molecule has 32 heavy (non-hydrogen) atoms. The third-order valence-corrected chi connectivity index (χ3v) is 6.38. The Labute approximate surface area is 190 Å². The van der Waals surface area contributed by atoms with Crippen LogP contribution in [-0.4, -0.2) is 55.7 Å². The predicted molar refractivity (Wildman–Crippen MR) is 122 cm³/mol. The van der Waals surface area contributed by atoms with Crippen molar-refractivity contribution in [2.24, 2.45) is 0 Å². The lowest BCUT2D eigenvalue weighted by molar-refractivity contribution is -0.122. The van der Waals surface area contributed by atoms with E-state index in [-0.39, 0.29) is 29.5 Å². The van der Waals surface area contributed by atoms with Crippen molar-refractivity contribution in [3.8, 4) is 5.75 Å². The summed E-state index contributed by atoms with van der Waals surface area (Å²) in [5.41, 5.74) is 0.922. The Morgan fingerprint density at radius 2 is 1.78 bits per heavy atom. The molecule has 1 saturated heterocycles. The molecule has 0 spiro atoms. The second-order valence-corrected chi connectivity index (χ2v) is 8.93. The van der Waals surface area contributed by atoms with Crippen molar-refractivity contribution in [3.63, 3.8) is 0 Å². The summed E-state index contributed by atoms with van der Waals surface area (Å²) in [6.45, 7) is 2.92. The number of rotatable bonds is 9. The summed E-state index contributed by atoms with van der Waals surface area (Å²) in [6.07, 6.45) is 8.56. The minimum atomic E-state index is -0.340. The normalized spacial score (nSPS) is 18.2. The molecule has 2 fully saturated rings. The maximum absolute atomic E-state index is 13.9. The monoisotopic (exact) mass is 448 g/mol. The maximum atomic E-state index is 13.9. The lowest BCUT2D eigenvalue weighted by Gasteiger charge is -2.32. The fourth-order valence-corrected chi connectivity index (χ4v) is 4.54. The Morgan fingerprint density at radius 1 is 1.06 bits per heavy atom. The molecule has 1 aliphatic carbocycles. The molecule has 0 unspecified atom stereocenters. The third kappa shape index (κ3) is 7.97. The molecule has 1 heterocycles. The Morgan fingerprint density at radius 3 is 2.47 bits per heavy atom. The van der Waals surface area contributed by atoms with Crippen LogP contribution >= 0.6 is 0 Å². The van der Waals surface area contributed by atoms with Gasteiger partial charge in [-0.05, 0) is 49.8 Å². The maximum Gasteiger partial charge on any atom is 0.315 e. The van der Waals surface area contributed by atoms with Crippen LogP contribution < -0.4 is 20.7 Å². The average Bonchev–Trinajstić information content (AvgIpc) is 2.79. The summed E-state index contributed by atoms with van der Waals surface area (Å²) in [5.74, 6) is -0.0431. The van der Waals surface area contributed by atoms with E-state index in [1.54, 1.807) is 6.07 Å². The van der Waals surface area contributed by atoms with Crippen molar-refractivity contribution in [1.29, 1.82) is 0 Å². The second-order valence-electron chi connectivity index (χ2n) is 8.93. The van der Waals surface area contributed by atoms with Gasteiger partial charge in [0.05, 0.1) is 7.11 Å². The van der Waals surface area contributed by atoms with Crippen LogP contribution in [0.3, 0.4) is 0 Å². The summed E-state index contributed by atoms with van der Waals surface area (Å²) in [5, 5.41) is 8.99. The van der Waals surface area contributed by atoms with Gasteiger partial charge in [0, 0.05) is 44.7 Å². The van der Waals surface area contributed by atoms with Crippen molar-refractivity contribution in [2.75, 3.05) is 26.7 Å². The number of hydrogen-bond acceptors (Lipinski definition) is 4. The average molecular weight is 449 g/mol. The molecule has 1 aromatic carbocycles. The molecule has 1 aromatic rings. The van der Waals surface area contributed by atoms with Crippen LogP contribution in [0.15, 0.2) is 18.2 Å². The Bertz CT molecular complexity index is 747. The number of piperidine rings is 1. The Balaban J connectivity index is 1.26. The summed E-state index contributed by atoms with van der Waals surface area (Å²) in [7, 11) is 1.46. The zero-order chi connectivity index (χ0) is 22.8. The first kappa shape index (κ1) is 24.3. The number of halogens is 1. The number of amides is 3. The van der Waals surface area contributed by atoms with E-state index >= 15 is 0 Å². The highest BCUT2D eigenvalue weighted by molar-refractivity contribution is 5.76. The number of methoxy groups -OCH3 is 1. The number of hydrogen-bond donors (Lipinski definition) is 3. The van der Waals surface area contributed by atoms with Crippen molar-refractivity contribution in [1.82, 2.24) is 20.9 Å². The second kappa shape index (κ2) is 12.6. The van der Waals surface area contributed by atoms with Gasteiger partial charge in [-0.3, -0.25) is 9.69 Å². The molecular formula is C24H37FN4O3. The van der Waals surface area contributed by atoms with Gasteiger partial charge in [-0.2, -0.15) is 0 Å². The fourth-order valence-electron chi connectivity index (χ4n) is 4.54.